The number of hydrogen-bond acceptors (Lipinski definition) is 0. The van der Waals surface area contributed by atoms with Crippen molar-refractivity contribution >= 4 is 23.2 Å². The van der Waals surface area contributed by atoms with Crippen molar-refractivity contribution in [2.24, 2.45) is 0 Å². The zero-order valence-electron chi connectivity index (χ0n) is 12.3. The molecular weight excluding hydrogens is 344 g/mol. The fourth-order valence-corrected chi connectivity index (χ4v) is 3.80. The second kappa shape index (κ2) is 6.74. The molecule has 122 valence electrons. The Hall–Kier alpha value is -1.19. The van der Waals surface area contributed by atoms with Crippen LogP contribution in [0.2, 0.25) is 10.0 Å². The maximum Gasteiger partial charge on any atom is 0.145 e. The van der Waals surface area contributed by atoms with Crippen molar-refractivity contribution in [1.29, 1.82) is 0 Å². The summed E-state index contributed by atoms with van der Waals surface area (Å²) in [5.74, 6) is -1.90. The van der Waals surface area contributed by atoms with Crippen LogP contribution >= 0.6 is 23.2 Å². The molecule has 0 aliphatic heterocycles. The molecule has 0 radical (unpaired) electrons. The van der Waals surface area contributed by atoms with Crippen molar-refractivity contribution in [1.82, 2.24) is 0 Å². The third-order valence-corrected chi connectivity index (χ3v) is 5.16. The number of halogens is 5. The van der Waals surface area contributed by atoms with Crippen molar-refractivity contribution in [3.05, 3.63) is 69.0 Å². The molecule has 23 heavy (non-hydrogen) atoms. The van der Waals surface area contributed by atoms with Gasteiger partial charge in [0.1, 0.15) is 17.5 Å². The first-order chi connectivity index (χ1) is 11.0. The smallest absolute Gasteiger partial charge is 0.145 e. The molecule has 2 atom stereocenters. The second-order valence-electron chi connectivity index (χ2n) is 5.99. The van der Waals surface area contributed by atoms with E-state index in [0.29, 0.717) is 17.5 Å². The summed E-state index contributed by atoms with van der Waals surface area (Å²) >= 11 is 11.6. The molecule has 0 nitrogen and oxygen atoms in total. The van der Waals surface area contributed by atoms with Crippen LogP contribution in [0.1, 0.15) is 48.6 Å². The lowest BCUT2D eigenvalue weighted by Crippen LogP contribution is -2.15. The average Bonchev–Trinajstić information content (AvgIpc) is 2.53. The van der Waals surface area contributed by atoms with E-state index in [1.54, 1.807) is 12.1 Å². The third kappa shape index (κ3) is 3.36. The molecule has 2 unspecified atom stereocenters. The van der Waals surface area contributed by atoms with Gasteiger partial charge in [-0.1, -0.05) is 41.8 Å². The summed E-state index contributed by atoms with van der Waals surface area (Å²) in [5, 5.41) is 0.0121. The molecule has 5 heteroatoms. The Labute approximate surface area is 143 Å². The fourth-order valence-electron chi connectivity index (χ4n) is 3.44. The molecule has 0 aromatic heterocycles. The average molecular weight is 359 g/mol. The SMILES string of the molecule is Fc1cc(F)c(C2CCCC(c3cccc(Cl)c3F)C2)cc1Cl. The molecule has 0 amide bonds. The van der Waals surface area contributed by atoms with Gasteiger partial charge in [-0.15, -0.1) is 0 Å². The van der Waals surface area contributed by atoms with Crippen LogP contribution in [0.3, 0.4) is 0 Å². The predicted octanol–water partition coefficient (Wildman–Crippen LogP) is 6.85. The van der Waals surface area contributed by atoms with E-state index in [4.69, 9.17) is 23.2 Å². The normalized spacial score (nSPS) is 21.4. The van der Waals surface area contributed by atoms with Crippen LogP contribution in [0.25, 0.3) is 0 Å². The fraction of sp³-hybridized carbons (Fsp3) is 0.333. The highest BCUT2D eigenvalue weighted by molar-refractivity contribution is 6.31. The second-order valence-corrected chi connectivity index (χ2v) is 6.81. The lowest BCUT2D eigenvalue weighted by molar-refractivity contribution is 0.376. The molecule has 0 saturated heterocycles. The Bertz CT molecular complexity index is 730. The molecule has 2 aromatic carbocycles. The van der Waals surface area contributed by atoms with Crippen LogP contribution in [0.15, 0.2) is 30.3 Å². The van der Waals surface area contributed by atoms with E-state index in [2.05, 4.69) is 0 Å². The Morgan fingerprint density at radius 3 is 2.26 bits per heavy atom. The minimum Gasteiger partial charge on any atom is -0.207 e. The van der Waals surface area contributed by atoms with Gasteiger partial charge in [0.05, 0.1) is 10.0 Å². The van der Waals surface area contributed by atoms with Crippen LogP contribution < -0.4 is 0 Å². The largest absolute Gasteiger partial charge is 0.207 e. The zero-order chi connectivity index (χ0) is 16.6. The Balaban J connectivity index is 1.89. The highest BCUT2D eigenvalue weighted by Gasteiger charge is 2.28. The van der Waals surface area contributed by atoms with Crippen molar-refractivity contribution in [3.63, 3.8) is 0 Å². The van der Waals surface area contributed by atoms with Gasteiger partial charge in [-0.05, 0) is 54.4 Å². The zero-order valence-corrected chi connectivity index (χ0v) is 13.8. The monoisotopic (exact) mass is 358 g/mol. The van der Waals surface area contributed by atoms with Gasteiger partial charge in [-0.3, -0.25) is 0 Å². The summed E-state index contributed by atoms with van der Waals surface area (Å²) in [4.78, 5) is 0. The van der Waals surface area contributed by atoms with E-state index in [1.807, 2.05) is 0 Å². The third-order valence-electron chi connectivity index (χ3n) is 4.57. The van der Waals surface area contributed by atoms with E-state index in [9.17, 15) is 13.2 Å². The molecule has 1 aliphatic rings. The van der Waals surface area contributed by atoms with Gasteiger partial charge in [0.15, 0.2) is 0 Å². The first kappa shape index (κ1) is 16.7. The number of hydrogen-bond donors (Lipinski definition) is 0. The molecule has 3 rings (SSSR count). The number of rotatable bonds is 2. The topological polar surface area (TPSA) is 0 Å². The van der Waals surface area contributed by atoms with Crippen molar-refractivity contribution in [2.45, 2.75) is 37.5 Å². The highest BCUT2D eigenvalue weighted by Crippen LogP contribution is 2.43. The van der Waals surface area contributed by atoms with Crippen molar-refractivity contribution in [3.8, 4) is 0 Å². The Morgan fingerprint density at radius 2 is 1.52 bits per heavy atom. The van der Waals surface area contributed by atoms with Gasteiger partial charge < -0.3 is 0 Å². The van der Waals surface area contributed by atoms with Gasteiger partial charge in [0.2, 0.25) is 0 Å². The Kier molecular flexibility index (Phi) is 4.88. The summed E-state index contributed by atoms with van der Waals surface area (Å²) in [6.45, 7) is 0. The first-order valence-corrected chi connectivity index (χ1v) is 8.31. The molecule has 0 bridgehead atoms. The van der Waals surface area contributed by atoms with Gasteiger partial charge >= 0.3 is 0 Å². The minimum absolute atomic E-state index is 0.0318. The summed E-state index contributed by atoms with van der Waals surface area (Å²) < 4.78 is 41.7. The maximum absolute atomic E-state index is 14.2. The van der Waals surface area contributed by atoms with E-state index in [1.165, 1.54) is 12.1 Å². The quantitative estimate of drug-likeness (QED) is 0.514. The van der Waals surface area contributed by atoms with Gasteiger partial charge in [-0.2, -0.15) is 0 Å². The van der Waals surface area contributed by atoms with Crippen LogP contribution in [-0.2, 0) is 0 Å². The lowest BCUT2D eigenvalue weighted by Gasteiger charge is -2.30. The summed E-state index contributed by atoms with van der Waals surface area (Å²) in [6.07, 6.45) is 3.04. The van der Waals surface area contributed by atoms with Crippen LogP contribution in [0.5, 0.6) is 0 Å². The van der Waals surface area contributed by atoms with E-state index in [-0.39, 0.29) is 21.9 Å². The highest BCUT2D eigenvalue weighted by atomic mass is 35.5. The van der Waals surface area contributed by atoms with E-state index < -0.39 is 17.5 Å². The minimum atomic E-state index is -0.763. The molecular formula is C18H15Cl2F3. The standard InChI is InChI=1S/C18H15Cl2F3/c19-14-6-2-5-12(18(14)23)10-3-1-4-11(7-10)13-8-15(20)17(22)9-16(13)21/h2,5-6,8-11H,1,3-4,7H2. The summed E-state index contributed by atoms with van der Waals surface area (Å²) in [5.41, 5.74) is 0.972. The molecule has 0 N–H and O–H groups in total. The molecule has 2 aromatic rings. The molecule has 0 heterocycles. The van der Waals surface area contributed by atoms with Gasteiger partial charge in [-0.25, -0.2) is 13.2 Å². The summed E-state index contributed by atoms with van der Waals surface area (Å²) in [6, 6.07) is 7.14. The predicted molar refractivity (Wildman–Crippen MR) is 86.7 cm³/mol. The van der Waals surface area contributed by atoms with E-state index in [0.717, 1.165) is 25.3 Å². The van der Waals surface area contributed by atoms with Crippen molar-refractivity contribution < 1.29 is 13.2 Å². The van der Waals surface area contributed by atoms with Crippen LogP contribution in [0.4, 0.5) is 13.2 Å². The first-order valence-electron chi connectivity index (χ1n) is 7.55. The number of benzene rings is 2. The lowest BCUT2D eigenvalue weighted by atomic mass is 9.75. The van der Waals surface area contributed by atoms with Gasteiger partial charge in [0.25, 0.3) is 0 Å². The molecule has 0 spiro atoms. The Morgan fingerprint density at radius 1 is 0.826 bits per heavy atom. The van der Waals surface area contributed by atoms with Crippen LogP contribution in [0, 0.1) is 17.5 Å². The van der Waals surface area contributed by atoms with Crippen molar-refractivity contribution in [2.75, 3.05) is 0 Å². The maximum atomic E-state index is 14.2. The molecule has 1 saturated carbocycles. The molecule has 1 fully saturated rings. The molecule has 1 aliphatic carbocycles. The summed E-state index contributed by atoms with van der Waals surface area (Å²) in [7, 11) is 0. The van der Waals surface area contributed by atoms with Gasteiger partial charge in [0, 0.05) is 6.07 Å². The van der Waals surface area contributed by atoms with Crippen LogP contribution in [-0.4, -0.2) is 0 Å². The van der Waals surface area contributed by atoms with E-state index >= 15 is 0 Å².